The first kappa shape index (κ1) is 15.4. The first-order chi connectivity index (χ1) is 8.33. The summed E-state index contributed by atoms with van der Waals surface area (Å²) in [7, 11) is 0. The van der Waals surface area contributed by atoms with Crippen LogP contribution in [0.4, 0.5) is 0 Å². The Balaban J connectivity index is 2.29. The molecular weight excluding hydrogens is 230 g/mol. The number of nitrogens with one attached hydrogen (secondary N) is 1. The maximum Gasteiger partial charge on any atom is 0.309 e. The predicted molar refractivity (Wildman–Crippen MR) is 71.6 cm³/mol. The van der Waals surface area contributed by atoms with Crippen molar-refractivity contribution in [2.24, 2.45) is 11.3 Å². The van der Waals surface area contributed by atoms with E-state index >= 15 is 0 Å². The molecule has 2 unspecified atom stereocenters. The Labute approximate surface area is 110 Å². The van der Waals surface area contributed by atoms with Crippen molar-refractivity contribution in [3.05, 3.63) is 0 Å². The molecule has 1 rings (SSSR count). The molecule has 1 heterocycles. The molecule has 0 aromatic carbocycles. The maximum absolute atomic E-state index is 11.0. The Morgan fingerprint density at radius 2 is 2.17 bits per heavy atom. The van der Waals surface area contributed by atoms with Crippen LogP contribution < -0.4 is 5.32 Å². The molecule has 0 amide bonds. The molecule has 106 valence electrons. The SMILES string of the molecule is CC(C)C1CC(NCCC(C)(C)C(=O)O)CCO1. The van der Waals surface area contributed by atoms with E-state index in [1.165, 1.54) is 0 Å². The summed E-state index contributed by atoms with van der Waals surface area (Å²) in [6.07, 6.45) is 3.05. The molecular formula is C14H27NO3. The molecule has 4 nitrogen and oxygen atoms in total. The second-order valence-electron chi connectivity index (χ2n) is 6.27. The van der Waals surface area contributed by atoms with Crippen LogP contribution in [0, 0.1) is 11.3 Å². The summed E-state index contributed by atoms with van der Waals surface area (Å²) < 4.78 is 5.72. The minimum Gasteiger partial charge on any atom is -0.481 e. The van der Waals surface area contributed by atoms with E-state index in [1.807, 2.05) is 0 Å². The minimum absolute atomic E-state index is 0.337. The second kappa shape index (κ2) is 6.53. The number of ether oxygens (including phenoxy) is 1. The number of carboxylic acids is 1. The lowest BCUT2D eigenvalue weighted by Crippen LogP contribution is -2.42. The van der Waals surface area contributed by atoms with Gasteiger partial charge >= 0.3 is 5.97 Å². The largest absolute Gasteiger partial charge is 0.481 e. The summed E-state index contributed by atoms with van der Waals surface area (Å²) in [6.45, 7) is 9.48. The molecule has 0 radical (unpaired) electrons. The Hall–Kier alpha value is -0.610. The van der Waals surface area contributed by atoms with Crippen LogP contribution in [-0.2, 0) is 9.53 Å². The van der Waals surface area contributed by atoms with Crippen molar-refractivity contribution >= 4 is 5.97 Å². The van der Waals surface area contributed by atoms with Gasteiger partial charge in [0.25, 0.3) is 0 Å². The van der Waals surface area contributed by atoms with E-state index in [4.69, 9.17) is 9.84 Å². The highest BCUT2D eigenvalue weighted by Crippen LogP contribution is 2.22. The van der Waals surface area contributed by atoms with Crippen molar-refractivity contribution in [2.75, 3.05) is 13.2 Å². The molecule has 2 atom stereocenters. The van der Waals surface area contributed by atoms with Crippen LogP contribution in [0.3, 0.4) is 0 Å². The zero-order chi connectivity index (χ0) is 13.8. The molecule has 2 N–H and O–H groups in total. The average molecular weight is 257 g/mol. The van der Waals surface area contributed by atoms with Gasteiger partial charge in [-0.3, -0.25) is 4.79 Å². The van der Waals surface area contributed by atoms with Crippen LogP contribution in [0.5, 0.6) is 0 Å². The van der Waals surface area contributed by atoms with Crippen LogP contribution in [0.15, 0.2) is 0 Å². The second-order valence-corrected chi connectivity index (χ2v) is 6.27. The molecule has 0 aromatic rings. The van der Waals surface area contributed by atoms with Gasteiger partial charge in [0, 0.05) is 12.6 Å². The summed E-state index contributed by atoms with van der Waals surface area (Å²) in [4.78, 5) is 11.0. The van der Waals surface area contributed by atoms with Crippen molar-refractivity contribution in [2.45, 2.75) is 59.1 Å². The van der Waals surface area contributed by atoms with Crippen molar-refractivity contribution in [1.29, 1.82) is 0 Å². The van der Waals surface area contributed by atoms with E-state index in [2.05, 4.69) is 19.2 Å². The van der Waals surface area contributed by atoms with Gasteiger partial charge in [-0.25, -0.2) is 0 Å². The topological polar surface area (TPSA) is 58.6 Å². The van der Waals surface area contributed by atoms with Gasteiger partial charge in [0.05, 0.1) is 11.5 Å². The third-order valence-electron chi connectivity index (χ3n) is 3.82. The summed E-state index contributed by atoms with van der Waals surface area (Å²) in [5.74, 6) is -0.179. The predicted octanol–water partition coefficient (Wildman–Crippen LogP) is 2.28. The Morgan fingerprint density at radius 3 is 2.72 bits per heavy atom. The van der Waals surface area contributed by atoms with E-state index in [-0.39, 0.29) is 0 Å². The molecule has 1 saturated heterocycles. The van der Waals surface area contributed by atoms with Crippen LogP contribution in [0.25, 0.3) is 0 Å². The van der Waals surface area contributed by atoms with E-state index in [9.17, 15) is 4.79 Å². The van der Waals surface area contributed by atoms with Gasteiger partial charge in [-0.15, -0.1) is 0 Å². The van der Waals surface area contributed by atoms with Gasteiger partial charge in [-0.05, 0) is 45.6 Å². The number of carbonyl (C=O) groups is 1. The highest BCUT2D eigenvalue weighted by Gasteiger charge is 2.28. The summed E-state index contributed by atoms with van der Waals surface area (Å²) >= 11 is 0. The van der Waals surface area contributed by atoms with Crippen LogP contribution >= 0.6 is 0 Å². The van der Waals surface area contributed by atoms with Gasteiger partial charge in [0.15, 0.2) is 0 Å². The van der Waals surface area contributed by atoms with E-state index in [1.54, 1.807) is 13.8 Å². The lowest BCUT2D eigenvalue weighted by atomic mass is 9.89. The highest BCUT2D eigenvalue weighted by molar-refractivity contribution is 5.73. The summed E-state index contributed by atoms with van der Waals surface area (Å²) in [6, 6.07) is 0.468. The van der Waals surface area contributed by atoms with Crippen LogP contribution in [0.2, 0.25) is 0 Å². The lowest BCUT2D eigenvalue weighted by molar-refractivity contribution is -0.147. The van der Waals surface area contributed by atoms with E-state index in [0.29, 0.717) is 24.5 Å². The maximum atomic E-state index is 11.0. The van der Waals surface area contributed by atoms with Gasteiger partial charge in [-0.1, -0.05) is 13.8 Å². The Bertz CT molecular complexity index is 276. The zero-order valence-electron chi connectivity index (χ0n) is 12.0. The third kappa shape index (κ3) is 4.58. The standard InChI is InChI=1S/C14H27NO3/c1-10(2)12-9-11(5-8-18-12)15-7-6-14(3,4)13(16)17/h10-12,15H,5-9H2,1-4H3,(H,16,17). The van der Waals surface area contributed by atoms with Gasteiger partial charge < -0.3 is 15.2 Å². The number of rotatable bonds is 6. The van der Waals surface area contributed by atoms with Gasteiger partial charge in [0.2, 0.25) is 0 Å². The fourth-order valence-electron chi connectivity index (χ4n) is 2.17. The lowest BCUT2D eigenvalue weighted by Gasteiger charge is -2.33. The molecule has 1 aliphatic rings. The molecule has 1 fully saturated rings. The molecule has 18 heavy (non-hydrogen) atoms. The van der Waals surface area contributed by atoms with E-state index < -0.39 is 11.4 Å². The van der Waals surface area contributed by atoms with Crippen LogP contribution in [0.1, 0.15) is 47.0 Å². The van der Waals surface area contributed by atoms with Crippen molar-refractivity contribution < 1.29 is 14.6 Å². The zero-order valence-corrected chi connectivity index (χ0v) is 12.0. The van der Waals surface area contributed by atoms with Crippen molar-refractivity contribution in [1.82, 2.24) is 5.32 Å². The van der Waals surface area contributed by atoms with Crippen LogP contribution in [-0.4, -0.2) is 36.4 Å². The van der Waals surface area contributed by atoms with E-state index in [0.717, 1.165) is 26.0 Å². The number of hydrogen-bond acceptors (Lipinski definition) is 3. The first-order valence-electron chi connectivity index (χ1n) is 6.91. The fraction of sp³-hybridized carbons (Fsp3) is 0.929. The van der Waals surface area contributed by atoms with Crippen molar-refractivity contribution in [3.8, 4) is 0 Å². The molecule has 0 aliphatic carbocycles. The monoisotopic (exact) mass is 257 g/mol. The quantitative estimate of drug-likeness (QED) is 0.766. The minimum atomic E-state index is -0.726. The summed E-state index contributed by atoms with van der Waals surface area (Å²) in [5, 5.41) is 12.5. The van der Waals surface area contributed by atoms with Gasteiger partial charge in [-0.2, -0.15) is 0 Å². The molecule has 4 heteroatoms. The average Bonchev–Trinajstić information content (AvgIpc) is 2.29. The number of aliphatic carboxylic acids is 1. The Kier molecular flexibility index (Phi) is 5.60. The molecule has 0 saturated carbocycles. The normalized spacial score (nSPS) is 25.4. The van der Waals surface area contributed by atoms with Crippen molar-refractivity contribution in [3.63, 3.8) is 0 Å². The molecule has 1 aliphatic heterocycles. The number of hydrogen-bond donors (Lipinski definition) is 2. The number of carboxylic acid groups (broad SMARTS) is 1. The molecule has 0 bridgehead atoms. The third-order valence-corrected chi connectivity index (χ3v) is 3.82. The first-order valence-corrected chi connectivity index (χ1v) is 6.91. The van der Waals surface area contributed by atoms with Gasteiger partial charge in [0.1, 0.15) is 0 Å². The Morgan fingerprint density at radius 1 is 1.50 bits per heavy atom. The highest BCUT2D eigenvalue weighted by atomic mass is 16.5. The fourth-order valence-corrected chi connectivity index (χ4v) is 2.17. The summed E-state index contributed by atoms with van der Waals surface area (Å²) in [5.41, 5.74) is -0.643. The smallest absolute Gasteiger partial charge is 0.309 e. The molecule has 0 aromatic heterocycles. The molecule has 0 spiro atoms.